The zero-order valence-electron chi connectivity index (χ0n) is 14.5. The van der Waals surface area contributed by atoms with Gasteiger partial charge in [-0.15, -0.1) is 0 Å². The number of aromatic carboxylic acids is 1. The second-order valence-electron chi connectivity index (χ2n) is 5.89. The number of hydrogen-bond donors (Lipinski definition) is 1. The molecule has 144 valence electrons. The van der Waals surface area contributed by atoms with E-state index < -0.39 is 21.8 Å². The molecule has 0 aromatic heterocycles. The molecule has 27 heavy (non-hydrogen) atoms. The number of sulfonamides is 1. The van der Waals surface area contributed by atoms with Crippen LogP contribution in [-0.2, 0) is 14.8 Å². The third kappa shape index (κ3) is 3.80. The van der Waals surface area contributed by atoms with Gasteiger partial charge in [0, 0.05) is 18.7 Å². The number of hydrogen-bond acceptors (Lipinski definition) is 5. The molecule has 1 aliphatic rings. The predicted octanol–water partition coefficient (Wildman–Crippen LogP) is 2.22. The number of methoxy groups -OCH3 is 1. The van der Waals surface area contributed by atoms with Crippen molar-refractivity contribution in [2.75, 3.05) is 33.4 Å². The maximum atomic E-state index is 14.6. The summed E-state index contributed by atoms with van der Waals surface area (Å²) in [5, 5.41) is 9.38. The van der Waals surface area contributed by atoms with E-state index in [0.29, 0.717) is 0 Å². The summed E-state index contributed by atoms with van der Waals surface area (Å²) in [7, 11) is -2.63. The van der Waals surface area contributed by atoms with Crippen LogP contribution >= 0.6 is 0 Å². The summed E-state index contributed by atoms with van der Waals surface area (Å²) >= 11 is 0. The summed E-state index contributed by atoms with van der Waals surface area (Å²) in [5.41, 5.74) is -0.0597. The van der Waals surface area contributed by atoms with Crippen LogP contribution in [0.25, 0.3) is 11.1 Å². The van der Waals surface area contributed by atoms with Crippen LogP contribution in [0, 0.1) is 5.82 Å². The first-order chi connectivity index (χ1) is 12.8. The van der Waals surface area contributed by atoms with Crippen molar-refractivity contribution in [3.05, 3.63) is 47.8 Å². The fourth-order valence-corrected chi connectivity index (χ4v) is 4.33. The van der Waals surface area contributed by atoms with Gasteiger partial charge in [-0.3, -0.25) is 0 Å². The van der Waals surface area contributed by atoms with Crippen LogP contribution in [0.1, 0.15) is 10.4 Å². The lowest BCUT2D eigenvalue weighted by molar-refractivity contribution is 0.0696. The van der Waals surface area contributed by atoms with Gasteiger partial charge in [-0.25, -0.2) is 17.6 Å². The van der Waals surface area contributed by atoms with Crippen molar-refractivity contribution < 1.29 is 32.2 Å². The minimum atomic E-state index is -3.94. The molecule has 0 saturated carbocycles. The van der Waals surface area contributed by atoms with Gasteiger partial charge in [0.1, 0.15) is 0 Å². The molecule has 3 rings (SSSR count). The Morgan fingerprint density at radius 2 is 1.93 bits per heavy atom. The number of carboxylic acids is 1. The fourth-order valence-electron chi connectivity index (χ4n) is 2.85. The average molecular weight is 395 g/mol. The maximum Gasteiger partial charge on any atom is 0.335 e. The third-order valence-corrected chi connectivity index (χ3v) is 6.13. The number of nitrogens with zero attached hydrogens (tertiary/aromatic N) is 1. The van der Waals surface area contributed by atoms with Gasteiger partial charge in [0.25, 0.3) is 0 Å². The van der Waals surface area contributed by atoms with Crippen LogP contribution in [0.4, 0.5) is 4.39 Å². The first-order valence-electron chi connectivity index (χ1n) is 8.13. The Balaban J connectivity index is 2.16. The van der Waals surface area contributed by atoms with E-state index in [4.69, 9.17) is 9.47 Å². The second kappa shape index (κ2) is 7.63. The highest BCUT2D eigenvalue weighted by atomic mass is 32.2. The van der Waals surface area contributed by atoms with E-state index in [-0.39, 0.29) is 53.6 Å². The first-order valence-corrected chi connectivity index (χ1v) is 9.58. The van der Waals surface area contributed by atoms with Gasteiger partial charge >= 0.3 is 5.97 Å². The topological polar surface area (TPSA) is 93.1 Å². The number of morpholine rings is 1. The minimum Gasteiger partial charge on any atom is -0.494 e. The molecule has 0 spiro atoms. The number of benzene rings is 2. The molecule has 0 amide bonds. The standard InChI is InChI=1S/C18H18FNO6S/c1-25-16-4-2-3-15(17(16)19)12-9-13(18(21)22)11-14(10-12)27(23,24)20-5-7-26-8-6-20/h2-4,9-11H,5-8H2,1H3,(H,21,22). The average Bonchev–Trinajstić information content (AvgIpc) is 2.68. The number of ether oxygens (including phenoxy) is 2. The molecule has 1 aliphatic heterocycles. The summed E-state index contributed by atoms with van der Waals surface area (Å²) in [6.07, 6.45) is 0. The van der Waals surface area contributed by atoms with Crippen LogP contribution in [0.3, 0.4) is 0 Å². The molecular weight excluding hydrogens is 377 g/mol. The quantitative estimate of drug-likeness (QED) is 0.835. The van der Waals surface area contributed by atoms with E-state index in [9.17, 15) is 22.7 Å². The lowest BCUT2D eigenvalue weighted by atomic mass is 10.0. The van der Waals surface area contributed by atoms with Crippen LogP contribution in [0.2, 0.25) is 0 Å². The highest BCUT2D eigenvalue weighted by Gasteiger charge is 2.28. The summed E-state index contributed by atoms with van der Waals surface area (Å²) in [5.74, 6) is -2.03. The Bertz CT molecular complexity index is 970. The van der Waals surface area contributed by atoms with Gasteiger partial charge in [0.05, 0.1) is 30.8 Å². The highest BCUT2D eigenvalue weighted by Crippen LogP contribution is 2.32. The third-order valence-electron chi connectivity index (χ3n) is 4.26. The number of carboxylic acid groups (broad SMARTS) is 1. The smallest absolute Gasteiger partial charge is 0.335 e. The van der Waals surface area contributed by atoms with Crippen molar-refractivity contribution in [1.82, 2.24) is 4.31 Å². The summed E-state index contributed by atoms with van der Waals surface area (Å²) in [6, 6.07) is 7.98. The fraction of sp³-hybridized carbons (Fsp3) is 0.278. The van der Waals surface area contributed by atoms with Crippen molar-refractivity contribution in [3.63, 3.8) is 0 Å². The molecule has 7 nitrogen and oxygen atoms in total. The monoisotopic (exact) mass is 395 g/mol. The largest absolute Gasteiger partial charge is 0.494 e. The van der Waals surface area contributed by atoms with Gasteiger partial charge in [0.2, 0.25) is 10.0 Å². The predicted molar refractivity (Wildman–Crippen MR) is 94.9 cm³/mol. The van der Waals surface area contributed by atoms with Crippen LogP contribution in [0.15, 0.2) is 41.3 Å². The number of carbonyl (C=O) groups is 1. The Morgan fingerprint density at radius 1 is 1.22 bits per heavy atom. The molecule has 0 atom stereocenters. The molecule has 1 N–H and O–H groups in total. The molecule has 2 aromatic rings. The second-order valence-corrected chi connectivity index (χ2v) is 7.83. The molecule has 1 saturated heterocycles. The molecule has 1 fully saturated rings. The number of halogens is 1. The zero-order valence-corrected chi connectivity index (χ0v) is 15.3. The summed E-state index contributed by atoms with van der Waals surface area (Å²) < 4.78 is 51.8. The lowest BCUT2D eigenvalue weighted by Crippen LogP contribution is -2.40. The molecule has 2 aromatic carbocycles. The molecule has 1 heterocycles. The maximum absolute atomic E-state index is 14.6. The Kier molecular flexibility index (Phi) is 5.45. The highest BCUT2D eigenvalue weighted by molar-refractivity contribution is 7.89. The van der Waals surface area contributed by atoms with Gasteiger partial charge in [0.15, 0.2) is 11.6 Å². The van der Waals surface area contributed by atoms with E-state index in [0.717, 1.165) is 6.07 Å². The van der Waals surface area contributed by atoms with Crippen molar-refractivity contribution in [1.29, 1.82) is 0 Å². The van der Waals surface area contributed by atoms with Crippen LogP contribution in [0.5, 0.6) is 5.75 Å². The van der Waals surface area contributed by atoms with Gasteiger partial charge in [-0.05, 0) is 29.8 Å². The van der Waals surface area contributed by atoms with Gasteiger partial charge < -0.3 is 14.6 Å². The van der Waals surface area contributed by atoms with Crippen molar-refractivity contribution >= 4 is 16.0 Å². The molecule has 0 bridgehead atoms. The minimum absolute atomic E-state index is 0.0224. The summed E-state index contributed by atoms with van der Waals surface area (Å²) in [4.78, 5) is 11.3. The Hall–Kier alpha value is -2.49. The molecule has 9 heteroatoms. The first kappa shape index (κ1) is 19.3. The Morgan fingerprint density at radius 3 is 2.56 bits per heavy atom. The SMILES string of the molecule is COc1cccc(-c2cc(C(=O)O)cc(S(=O)(=O)N3CCOCC3)c2)c1F. The van der Waals surface area contributed by atoms with Crippen LogP contribution in [-0.4, -0.2) is 57.2 Å². The zero-order chi connectivity index (χ0) is 19.6. The summed E-state index contributed by atoms with van der Waals surface area (Å²) in [6.45, 7) is 0.857. The van der Waals surface area contributed by atoms with Crippen LogP contribution < -0.4 is 4.74 Å². The molecule has 0 aliphatic carbocycles. The molecular formula is C18H18FNO6S. The van der Waals surface area contributed by atoms with Gasteiger partial charge in [-0.2, -0.15) is 4.31 Å². The number of rotatable bonds is 5. The molecule has 0 radical (unpaired) electrons. The van der Waals surface area contributed by atoms with E-state index in [1.165, 1.54) is 35.7 Å². The van der Waals surface area contributed by atoms with Crippen molar-refractivity contribution in [2.45, 2.75) is 4.90 Å². The Labute approximate surface area is 156 Å². The van der Waals surface area contributed by atoms with Crippen molar-refractivity contribution in [3.8, 4) is 16.9 Å². The van der Waals surface area contributed by atoms with E-state index in [1.807, 2.05) is 0 Å². The normalized spacial score (nSPS) is 15.5. The van der Waals surface area contributed by atoms with E-state index in [2.05, 4.69) is 0 Å². The van der Waals surface area contributed by atoms with Crippen molar-refractivity contribution in [2.24, 2.45) is 0 Å². The molecule has 0 unspecified atom stereocenters. The van der Waals surface area contributed by atoms with E-state index >= 15 is 0 Å². The van der Waals surface area contributed by atoms with E-state index in [1.54, 1.807) is 6.07 Å². The lowest BCUT2D eigenvalue weighted by Gasteiger charge is -2.26. The van der Waals surface area contributed by atoms with Gasteiger partial charge in [-0.1, -0.05) is 12.1 Å².